The molecule has 2 amide bonds. The van der Waals surface area contributed by atoms with Crippen LogP contribution in [0.5, 0.6) is 5.75 Å². The van der Waals surface area contributed by atoms with E-state index in [1.54, 1.807) is 36.4 Å². The molecule has 5 rings (SSSR count). The zero-order valence-corrected chi connectivity index (χ0v) is 25.0. The molecule has 0 radical (unpaired) electrons. The quantitative estimate of drug-likeness (QED) is 0.190. The fourth-order valence-corrected chi connectivity index (χ4v) is 5.56. The van der Waals surface area contributed by atoms with Crippen LogP contribution in [0, 0.1) is 6.92 Å². The second kappa shape index (κ2) is 12.3. The fraction of sp³-hybridized carbons (Fsp3) is 0.281. The smallest absolute Gasteiger partial charge is 0.283 e. The number of anilines is 2. The summed E-state index contributed by atoms with van der Waals surface area (Å²) in [6, 6.07) is 10.5. The molecule has 228 valence electrons. The molecule has 0 unspecified atom stereocenters. The number of benzene rings is 2. The van der Waals surface area contributed by atoms with Gasteiger partial charge in [-0.2, -0.15) is 5.10 Å². The number of hydrogen-bond donors (Lipinski definition) is 3. The summed E-state index contributed by atoms with van der Waals surface area (Å²) in [5.41, 5.74) is 10.8. The number of fused-ring (bicyclic) bond motifs is 1. The molecule has 1 aliphatic rings. The number of aryl methyl sites for hydroxylation is 1. The maximum Gasteiger partial charge on any atom is 0.283 e. The average Bonchev–Trinajstić information content (AvgIpc) is 3.59. The Morgan fingerprint density at radius 2 is 1.98 bits per heavy atom. The zero-order chi connectivity index (χ0) is 31.7. The van der Waals surface area contributed by atoms with Crippen LogP contribution in [0.2, 0.25) is 0 Å². The summed E-state index contributed by atoms with van der Waals surface area (Å²) < 4.78 is 20.4. The zero-order valence-electron chi connectivity index (χ0n) is 25.0. The van der Waals surface area contributed by atoms with Crippen LogP contribution in [-0.2, 0) is 4.79 Å². The highest BCUT2D eigenvalue weighted by Crippen LogP contribution is 2.41. The lowest BCUT2D eigenvalue weighted by molar-refractivity contribution is -0.114. The van der Waals surface area contributed by atoms with Crippen LogP contribution in [-0.4, -0.2) is 70.4 Å². The SMILES string of the molecule is C=C(F)C(=O)Nc1ccc(-c2nn3c(C(C)=O)cnc(N)c3c2-c2ccc(C(=O)NC[C@H]3CCCN3C)c(OC)c2)c(C)c1. The number of likely N-dealkylation sites (N-methyl/N-ethyl adjacent to an activating group) is 1. The summed E-state index contributed by atoms with van der Waals surface area (Å²) in [5, 5.41) is 10.3. The second-order valence-corrected chi connectivity index (χ2v) is 10.9. The van der Waals surface area contributed by atoms with Gasteiger partial charge in [-0.1, -0.05) is 18.7 Å². The minimum atomic E-state index is -1.11. The number of nitrogens with zero attached hydrogens (tertiary/aromatic N) is 4. The summed E-state index contributed by atoms with van der Waals surface area (Å²) >= 11 is 0. The molecule has 1 atom stereocenters. The third-order valence-corrected chi connectivity index (χ3v) is 7.93. The van der Waals surface area contributed by atoms with Crippen LogP contribution < -0.4 is 21.1 Å². The highest BCUT2D eigenvalue weighted by molar-refractivity contribution is 6.04. The van der Waals surface area contributed by atoms with Crippen molar-refractivity contribution in [2.75, 3.05) is 38.3 Å². The van der Waals surface area contributed by atoms with Crippen molar-refractivity contribution in [3.63, 3.8) is 0 Å². The van der Waals surface area contributed by atoms with Gasteiger partial charge in [0.2, 0.25) is 0 Å². The van der Waals surface area contributed by atoms with Crippen molar-refractivity contribution in [1.82, 2.24) is 24.8 Å². The first-order valence-corrected chi connectivity index (χ1v) is 14.1. The van der Waals surface area contributed by atoms with E-state index in [-0.39, 0.29) is 29.2 Å². The molecule has 12 heteroatoms. The number of nitrogens with one attached hydrogen (secondary N) is 2. The Kier molecular flexibility index (Phi) is 8.45. The number of aromatic nitrogens is 3. The molecule has 0 bridgehead atoms. The molecule has 44 heavy (non-hydrogen) atoms. The Balaban J connectivity index is 1.62. The molecule has 0 saturated carbocycles. The number of hydrogen-bond acceptors (Lipinski definition) is 8. The molecule has 1 fully saturated rings. The number of ketones is 1. The Bertz CT molecular complexity index is 1820. The van der Waals surface area contributed by atoms with Gasteiger partial charge in [0.1, 0.15) is 28.5 Å². The van der Waals surface area contributed by atoms with E-state index in [0.29, 0.717) is 57.0 Å². The van der Waals surface area contributed by atoms with E-state index in [9.17, 15) is 18.8 Å². The van der Waals surface area contributed by atoms with Crippen molar-refractivity contribution in [1.29, 1.82) is 0 Å². The Morgan fingerprint density at radius 1 is 1.20 bits per heavy atom. The summed E-state index contributed by atoms with van der Waals surface area (Å²) in [7, 11) is 3.54. The number of nitrogens with two attached hydrogens (primary N) is 1. The normalized spacial score (nSPS) is 14.9. The molecule has 1 aliphatic heterocycles. The summed E-state index contributed by atoms with van der Waals surface area (Å²) in [4.78, 5) is 44.1. The van der Waals surface area contributed by atoms with E-state index in [2.05, 4.69) is 34.1 Å². The van der Waals surface area contributed by atoms with Gasteiger partial charge < -0.3 is 26.0 Å². The number of nitrogen functional groups attached to an aromatic ring is 1. The number of ether oxygens (including phenoxy) is 1. The molecule has 4 N–H and O–H groups in total. The molecule has 0 aliphatic carbocycles. The van der Waals surface area contributed by atoms with Crippen molar-refractivity contribution < 1.29 is 23.5 Å². The molecule has 4 aromatic rings. The van der Waals surface area contributed by atoms with Crippen LogP contribution in [0.4, 0.5) is 15.9 Å². The minimum absolute atomic E-state index is 0.146. The van der Waals surface area contributed by atoms with Crippen molar-refractivity contribution in [2.45, 2.75) is 32.7 Å². The van der Waals surface area contributed by atoms with Crippen molar-refractivity contribution in [2.24, 2.45) is 0 Å². The Hall–Kier alpha value is -5.10. The van der Waals surface area contributed by atoms with Crippen molar-refractivity contribution in [3.8, 4) is 28.1 Å². The predicted molar refractivity (Wildman–Crippen MR) is 166 cm³/mol. The lowest BCUT2D eigenvalue weighted by Crippen LogP contribution is -2.38. The van der Waals surface area contributed by atoms with E-state index >= 15 is 0 Å². The first-order chi connectivity index (χ1) is 21.0. The number of Topliss-reactive ketones (excluding diaryl/α,β-unsaturated/α-hetero) is 1. The third-order valence-electron chi connectivity index (χ3n) is 7.93. The van der Waals surface area contributed by atoms with Gasteiger partial charge in [0.05, 0.1) is 18.9 Å². The minimum Gasteiger partial charge on any atom is -0.496 e. The summed E-state index contributed by atoms with van der Waals surface area (Å²) in [5.74, 6) is -2.07. The second-order valence-electron chi connectivity index (χ2n) is 10.9. The monoisotopic (exact) mass is 599 g/mol. The highest BCUT2D eigenvalue weighted by atomic mass is 19.1. The number of carbonyl (C=O) groups excluding carboxylic acids is 3. The van der Waals surface area contributed by atoms with Crippen molar-refractivity contribution in [3.05, 3.63) is 71.8 Å². The maximum absolute atomic E-state index is 13.3. The van der Waals surface area contributed by atoms with E-state index in [1.165, 1.54) is 24.7 Å². The molecule has 3 heterocycles. The van der Waals surface area contributed by atoms with Crippen molar-refractivity contribution >= 4 is 34.6 Å². The first-order valence-electron chi connectivity index (χ1n) is 14.1. The lowest BCUT2D eigenvalue weighted by atomic mass is 9.95. The number of halogens is 1. The van der Waals surface area contributed by atoms with Gasteiger partial charge in [0.15, 0.2) is 11.6 Å². The van der Waals surface area contributed by atoms with E-state index in [4.69, 9.17) is 15.6 Å². The summed E-state index contributed by atoms with van der Waals surface area (Å²) in [6.45, 7) is 7.79. The number of rotatable bonds is 9. The van der Waals surface area contributed by atoms with Crippen LogP contribution in [0.1, 0.15) is 46.2 Å². The largest absolute Gasteiger partial charge is 0.496 e. The lowest BCUT2D eigenvalue weighted by Gasteiger charge is -2.20. The number of amides is 2. The number of methoxy groups -OCH3 is 1. The maximum atomic E-state index is 13.3. The van der Waals surface area contributed by atoms with Crippen LogP contribution in [0.25, 0.3) is 27.9 Å². The number of likely N-dealkylation sites (tertiary alicyclic amines) is 1. The van der Waals surface area contributed by atoms with Gasteiger partial charge in [-0.15, -0.1) is 0 Å². The number of carbonyl (C=O) groups is 3. The predicted octanol–water partition coefficient (Wildman–Crippen LogP) is 4.41. The van der Waals surface area contributed by atoms with Gasteiger partial charge in [0.25, 0.3) is 11.8 Å². The van der Waals surface area contributed by atoms with Gasteiger partial charge in [-0.3, -0.25) is 14.4 Å². The van der Waals surface area contributed by atoms with Crippen LogP contribution >= 0.6 is 0 Å². The molecule has 11 nitrogen and oxygen atoms in total. The van der Waals surface area contributed by atoms with Gasteiger partial charge >= 0.3 is 0 Å². The standard InChI is InChI=1S/C32H34FN7O4/c1-17-13-21(37-31(42)18(2)33)9-11-23(17)28-27(29-30(34)35-16-25(19(3)41)40(29)38-28)20-8-10-24(26(14-20)44-5)32(43)36-15-22-7-6-12-39(22)4/h8-11,13-14,16,22H,2,6-7,12,15H2,1,3-5H3,(H2,34,35)(H,36,43)(H,37,42)/t22-/m1/s1. The van der Waals surface area contributed by atoms with Crippen LogP contribution in [0.3, 0.4) is 0 Å². The molecule has 2 aromatic heterocycles. The van der Waals surface area contributed by atoms with Crippen LogP contribution in [0.15, 0.2) is 55.0 Å². The molecule has 0 spiro atoms. The Morgan fingerprint density at radius 3 is 2.61 bits per heavy atom. The van der Waals surface area contributed by atoms with Gasteiger partial charge in [-0.05, 0) is 68.8 Å². The van der Waals surface area contributed by atoms with E-state index in [0.717, 1.165) is 19.4 Å². The summed E-state index contributed by atoms with van der Waals surface area (Å²) in [6.07, 6.45) is 3.50. The topological polar surface area (TPSA) is 144 Å². The van der Waals surface area contributed by atoms with E-state index < -0.39 is 11.7 Å². The molecule has 2 aromatic carbocycles. The molecular formula is C32H34FN7O4. The Labute approximate surface area is 253 Å². The van der Waals surface area contributed by atoms with E-state index in [1.807, 2.05) is 6.92 Å². The van der Waals surface area contributed by atoms with Gasteiger partial charge in [0, 0.05) is 36.3 Å². The molecular weight excluding hydrogens is 565 g/mol. The fourth-order valence-electron chi connectivity index (χ4n) is 5.56. The highest BCUT2D eigenvalue weighted by Gasteiger charge is 2.26. The molecule has 1 saturated heterocycles. The average molecular weight is 600 g/mol. The third kappa shape index (κ3) is 5.76. The van der Waals surface area contributed by atoms with Gasteiger partial charge in [-0.25, -0.2) is 13.9 Å². The first kappa shape index (κ1) is 30.4.